The predicted molar refractivity (Wildman–Crippen MR) is 117 cm³/mol. The Kier molecular flexibility index (Phi) is 7.58. The van der Waals surface area contributed by atoms with Crippen LogP contribution in [0.3, 0.4) is 0 Å². The molecule has 0 aliphatic heterocycles. The standard InChI is InChI=1S/C20H19Cl2FN4O2S/c1-3-27-19(12(2)29-17-7-5-4-6-14(17)21)25-26-20(27)30-11-18(28)24-13-8-9-16(23)15(22)10-13/h4-10,12H,3,11H2,1-2H3,(H,24,28). The molecule has 0 bridgehead atoms. The third-order valence-electron chi connectivity index (χ3n) is 4.10. The molecule has 0 saturated carbocycles. The van der Waals surface area contributed by atoms with Crippen LogP contribution in [0.15, 0.2) is 47.6 Å². The first-order valence-electron chi connectivity index (χ1n) is 9.11. The van der Waals surface area contributed by atoms with Gasteiger partial charge in [-0.3, -0.25) is 4.79 Å². The zero-order valence-corrected chi connectivity index (χ0v) is 18.6. The molecule has 1 N–H and O–H groups in total. The van der Waals surface area contributed by atoms with Gasteiger partial charge in [0.05, 0.1) is 15.8 Å². The number of benzene rings is 2. The van der Waals surface area contributed by atoms with Gasteiger partial charge in [0.15, 0.2) is 17.1 Å². The van der Waals surface area contributed by atoms with Crippen molar-refractivity contribution >= 4 is 46.6 Å². The molecule has 10 heteroatoms. The first kappa shape index (κ1) is 22.4. The normalized spacial score (nSPS) is 11.9. The van der Waals surface area contributed by atoms with Gasteiger partial charge >= 0.3 is 0 Å². The van der Waals surface area contributed by atoms with E-state index >= 15 is 0 Å². The van der Waals surface area contributed by atoms with E-state index in [4.69, 9.17) is 27.9 Å². The van der Waals surface area contributed by atoms with Crippen molar-refractivity contribution < 1.29 is 13.9 Å². The quantitative estimate of drug-likeness (QED) is 0.434. The van der Waals surface area contributed by atoms with E-state index in [1.807, 2.05) is 30.5 Å². The van der Waals surface area contributed by atoms with Crippen molar-refractivity contribution in [1.82, 2.24) is 14.8 Å². The summed E-state index contributed by atoms with van der Waals surface area (Å²) >= 11 is 13.1. The van der Waals surface area contributed by atoms with Crippen LogP contribution < -0.4 is 10.1 Å². The molecule has 0 radical (unpaired) electrons. The maximum absolute atomic E-state index is 13.2. The third kappa shape index (κ3) is 5.44. The summed E-state index contributed by atoms with van der Waals surface area (Å²) in [6.45, 7) is 4.43. The molecular formula is C20H19Cl2FN4O2S. The van der Waals surface area contributed by atoms with E-state index in [-0.39, 0.29) is 22.8 Å². The Hall–Kier alpha value is -2.29. The fraction of sp³-hybridized carbons (Fsp3) is 0.250. The minimum atomic E-state index is -0.541. The minimum Gasteiger partial charge on any atom is -0.481 e. The van der Waals surface area contributed by atoms with Gasteiger partial charge in [-0.05, 0) is 44.2 Å². The second kappa shape index (κ2) is 10.1. The number of nitrogens with one attached hydrogen (secondary N) is 1. The van der Waals surface area contributed by atoms with Gasteiger partial charge in [0.2, 0.25) is 5.91 Å². The number of hydrogen-bond acceptors (Lipinski definition) is 5. The molecule has 30 heavy (non-hydrogen) atoms. The number of carbonyl (C=O) groups is 1. The lowest BCUT2D eigenvalue weighted by molar-refractivity contribution is -0.113. The Labute approximate surface area is 187 Å². The van der Waals surface area contributed by atoms with E-state index in [9.17, 15) is 9.18 Å². The van der Waals surface area contributed by atoms with Crippen molar-refractivity contribution in [2.75, 3.05) is 11.1 Å². The molecule has 0 spiro atoms. The smallest absolute Gasteiger partial charge is 0.234 e. The lowest BCUT2D eigenvalue weighted by Crippen LogP contribution is -2.15. The highest BCUT2D eigenvalue weighted by Gasteiger charge is 2.20. The van der Waals surface area contributed by atoms with E-state index in [2.05, 4.69) is 15.5 Å². The molecule has 158 valence electrons. The van der Waals surface area contributed by atoms with Gasteiger partial charge in [-0.1, -0.05) is 47.1 Å². The lowest BCUT2D eigenvalue weighted by Gasteiger charge is -2.16. The van der Waals surface area contributed by atoms with Crippen molar-refractivity contribution in [2.45, 2.75) is 31.7 Å². The number of aromatic nitrogens is 3. The Bertz CT molecular complexity index is 1050. The Morgan fingerprint density at radius 1 is 1.23 bits per heavy atom. The van der Waals surface area contributed by atoms with E-state index in [1.54, 1.807) is 12.1 Å². The van der Waals surface area contributed by atoms with Gasteiger partial charge in [-0.25, -0.2) is 4.39 Å². The van der Waals surface area contributed by atoms with Crippen molar-refractivity contribution in [3.63, 3.8) is 0 Å². The van der Waals surface area contributed by atoms with Crippen molar-refractivity contribution in [3.05, 3.63) is 64.2 Å². The van der Waals surface area contributed by atoms with E-state index in [0.717, 1.165) is 0 Å². The molecule has 1 atom stereocenters. The minimum absolute atomic E-state index is 0.0525. The monoisotopic (exact) mass is 468 g/mol. The first-order valence-corrected chi connectivity index (χ1v) is 10.8. The fourth-order valence-corrected chi connectivity index (χ4v) is 3.86. The van der Waals surface area contributed by atoms with E-state index < -0.39 is 5.82 Å². The Balaban J connectivity index is 1.64. The summed E-state index contributed by atoms with van der Waals surface area (Å²) in [5.41, 5.74) is 0.423. The Morgan fingerprint density at radius 3 is 2.70 bits per heavy atom. The highest BCUT2D eigenvalue weighted by molar-refractivity contribution is 7.99. The SMILES string of the molecule is CCn1c(SCC(=O)Nc2ccc(F)c(Cl)c2)nnc1C(C)Oc1ccccc1Cl. The number of thioether (sulfide) groups is 1. The number of halogens is 3. The highest BCUT2D eigenvalue weighted by Crippen LogP contribution is 2.29. The number of anilines is 1. The maximum atomic E-state index is 13.2. The molecule has 0 fully saturated rings. The molecule has 0 saturated heterocycles. The largest absolute Gasteiger partial charge is 0.481 e. The molecule has 6 nitrogen and oxygen atoms in total. The van der Waals surface area contributed by atoms with Crippen molar-refractivity contribution in [2.24, 2.45) is 0 Å². The first-order chi connectivity index (χ1) is 14.4. The summed E-state index contributed by atoms with van der Waals surface area (Å²) in [7, 11) is 0. The van der Waals surface area contributed by atoms with Crippen LogP contribution in [-0.4, -0.2) is 26.4 Å². The Morgan fingerprint density at radius 2 is 2.00 bits per heavy atom. The number of nitrogens with zero attached hydrogens (tertiary/aromatic N) is 3. The lowest BCUT2D eigenvalue weighted by atomic mass is 10.3. The van der Waals surface area contributed by atoms with Gasteiger partial charge < -0.3 is 14.6 Å². The number of carbonyl (C=O) groups excluding carboxylic acids is 1. The van der Waals surface area contributed by atoms with E-state index in [1.165, 1.54) is 30.0 Å². The highest BCUT2D eigenvalue weighted by atomic mass is 35.5. The molecule has 0 aliphatic carbocycles. The van der Waals surface area contributed by atoms with Crippen LogP contribution in [0.25, 0.3) is 0 Å². The number of para-hydroxylation sites is 1. The summed E-state index contributed by atoms with van der Waals surface area (Å²) in [6.07, 6.45) is -0.387. The van der Waals surface area contributed by atoms with Crippen LogP contribution in [0.5, 0.6) is 5.75 Å². The third-order valence-corrected chi connectivity index (χ3v) is 5.67. The van der Waals surface area contributed by atoms with Crippen LogP contribution in [0.2, 0.25) is 10.0 Å². The number of hydrogen-bond donors (Lipinski definition) is 1. The molecule has 1 amide bonds. The van der Waals surface area contributed by atoms with E-state index in [0.29, 0.717) is 34.0 Å². The van der Waals surface area contributed by atoms with Gasteiger partial charge in [-0.2, -0.15) is 0 Å². The number of ether oxygens (including phenoxy) is 1. The van der Waals surface area contributed by atoms with Gasteiger partial charge in [0.25, 0.3) is 0 Å². The average molecular weight is 469 g/mol. The number of rotatable bonds is 8. The zero-order chi connectivity index (χ0) is 21.7. The zero-order valence-electron chi connectivity index (χ0n) is 16.2. The summed E-state index contributed by atoms with van der Waals surface area (Å²) in [4.78, 5) is 12.2. The maximum Gasteiger partial charge on any atom is 0.234 e. The summed E-state index contributed by atoms with van der Waals surface area (Å²) in [5, 5.41) is 12.1. The topological polar surface area (TPSA) is 69.0 Å². The molecule has 1 heterocycles. The molecule has 2 aromatic carbocycles. The number of amides is 1. The van der Waals surface area contributed by atoms with Gasteiger partial charge in [-0.15, -0.1) is 10.2 Å². The molecule has 3 aromatic rings. The average Bonchev–Trinajstić information content (AvgIpc) is 3.14. The van der Waals surface area contributed by atoms with Crippen LogP contribution >= 0.6 is 35.0 Å². The second-order valence-electron chi connectivity index (χ2n) is 6.24. The summed E-state index contributed by atoms with van der Waals surface area (Å²) in [5.74, 6) is 0.484. The van der Waals surface area contributed by atoms with Crippen LogP contribution in [0, 0.1) is 5.82 Å². The van der Waals surface area contributed by atoms with Crippen LogP contribution in [0.1, 0.15) is 25.8 Å². The fourth-order valence-electron chi connectivity index (χ4n) is 2.69. The molecule has 3 rings (SSSR count). The van der Waals surface area contributed by atoms with Gasteiger partial charge in [0, 0.05) is 12.2 Å². The summed E-state index contributed by atoms with van der Waals surface area (Å²) < 4.78 is 21.0. The molecule has 0 aliphatic rings. The van der Waals surface area contributed by atoms with Gasteiger partial charge in [0.1, 0.15) is 11.6 Å². The van der Waals surface area contributed by atoms with Crippen LogP contribution in [0.4, 0.5) is 10.1 Å². The molecular weight excluding hydrogens is 450 g/mol. The molecule has 1 aromatic heterocycles. The predicted octanol–water partition coefficient (Wildman–Crippen LogP) is 5.61. The second-order valence-corrected chi connectivity index (χ2v) is 8.00. The summed E-state index contributed by atoms with van der Waals surface area (Å²) in [6, 6.07) is 11.2. The van der Waals surface area contributed by atoms with Crippen LogP contribution in [-0.2, 0) is 11.3 Å². The van der Waals surface area contributed by atoms with Crippen molar-refractivity contribution in [1.29, 1.82) is 0 Å². The van der Waals surface area contributed by atoms with Crippen molar-refractivity contribution in [3.8, 4) is 5.75 Å². The molecule has 1 unspecified atom stereocenters.